The molecule has 7 heteroatoms. The molecule has 1 atom stereocenters. The third-order valence-corrected chi connectivity index (χ3v) is 5.23. The maximum atomic E-state index is 11.9. The lowest BCUT2D eigenvalue weighted by Gasteiger charge is -2.22. The molecule has 2 N–H and O–H groups in total. The molecule has 102 valence electrons. The Morgan fingerprint density at radius 3 is 3.11 bits per heavy atom. The van der Waals surface area contributed by atoms with Gasteiger partial charge in [-0.1, -0.05) is 0 Å². The molecule has 2 heterocycles. The number of sulfonamides is 1. The molecule has 1 saturated heterocycles. The number of hydrogen-bond donors (Lipinski definition) is 2. The van der Waals surface area contributed by atoms with Crippen molar-refractivity contribution in [3.05, 3.63) is 16.6 Å². The average Bonchev–Trinajstić information content (AvgIpc) is 2.82. The number of nitrogens with zero attached hydrogens (tertiary/aromatic N) is 1. The van der Waals surface area contributed by atoms with E-state index in [2.05, 4.69) is 15.0 Å². The maximum absolute atomic E-state index is 11.9. The zero-order chi connectivity index (χ0) is 12.8. The number of rotatable bonds is 6. The van der Waals surface area contributed by atoms with Crippen LogP contribution in [0.1, 0.15) is 18.5 Å². The third-order valence-electron chi connectivity index (χ3n) is 3.04. The first-order valence-electron chi connectivity index (χ1n) is 6.21. The van der Waals surface area contributed by atoms with Crippen molar-refractivity contribution in [2.75, 3.05) is 25.4 Å². The molecule has 1 aliphatic rings. The highest BCUT2D eigenvalue weighted by Crippen LogP contribution is 2.11. The molecule has 1 aromatic heterocycles. The van der Waals surface area contributed by atoms with Crippen molar-refractivity contribution < 1.29 is 8.42 Å². The molecule has 0 spiro atoms. The summed E-state index contributed by atoms with van der Waals surface area (Å²) in [5.74, 6) is 0.479. The second kappa shape index (κ2) is 6.60. The standard InChI is InChI=1S/C11H19N3O2S2/c15-18(16,8-10-2-1-4-12-6-10)14-5-3-11-7-17-9-13-11/h7,9-10,12,14H,1-6,8H2. The zero-order valence-electron chi connectivity index (χ0n) is 10.3. The summed E-state index contributed by atoms with van der Waals surface area (Å²) >= 11 is 1.53. The summed E-state index contributed by atoms with van der Waals surface area (Å²) in [5.41, 5.74) is 2.71. The molecular weight excluding hydrogens is 270 g/mol. The summed E-state index contributed by atoms with van der Waals surface area (Å²) < 4.78 is 26.4. The van der Waals surface area contributed by atoms with Crippen molar-refractivity contribution in [2.24, 2.45) is 5.92 Å². The Morgan fingerprint density at radius 1 is 1.56 bits per heavy atom. The Bertz CT molecular complexity index is 439. The second-order valence-corrected chi connectivity index (χ2v) is 7.19. The SMILES string of the molecule is O=S(=O)(CC1CCCNC1)NCCc1cscn1. The van der Waals surface area contributed by atoms with Crippen LogP contribution >= 0.6 is 11.3 Å². The molecular formula is C11H19N3O2S2. The minimum Gasteiger partial charge on any atom is -0.316 e. The van der Waals surface area contributed by atoms with Gasteiger partial charge < -0.3 is 5.32 Å². The normalized spacial score (nSPS) is 21.0. The van der Waals surface area contributed by atoms with Gasteiger partial charge in [0.15, 0.2) is 0 Å². The molecule has 18 heavy (non-hydrogen) atoms. The van der Waals surface area contributed by atoms with Gasteiger partial charge in [-0.25, -0.2) is 18.1 Å². The van der Waals surface area contributed by atoms with Gasteiger partial charge >= 0.3 is 0 Å². The predicted octanol–water partition coefficient (Wildman–Crippen LogP) is 0.605. The van der Waals surface area contributed by atoms with Crippen LogP contribution in [0.4, 0.5) is 0 Å². The summed E-state index contributed by atoms with van der Waals surface area (Å²) in [4.78, 5) is 4.13. The third kappa shape index (κ3) is 4.64. The molecule has 1 unspecified atom stereocenters. The van der Waals surface area contributed by atoms with Crippen molar-refractivity contribution in [1.82, 2.24) is 15.0 Å². The fourth-order valence-electron chi connectivity index (χ4n) is 2.13. The van der Waals surface area contributed by atoms with Crippen LogP contribution in [0.2, 0.25) is 0 Å². The highest BCUT2D eigenvalue weighted by atomic mass is 32.2. The fourth-order valence-corrected chi connectivity index (χ4v) is 4.16. The number of thiazole rings is 1. The first-order valence-corrected chi connectivity index (χ1v) is 8.80. The Hall–Kier alpha value is -0.500. The van der Waals surface area contributed by atoms with E-state index in [0.29, 0.717) is 13.0 Å². The lowest BCUT2D eigenvalue weighted by molar-refractivity contribution is 0.403. The summed E-state index contributed by atoms with van der Waals surface area (Å²) in [6, 6.07) is 0. The van der Waals surface area contributed by atoms with Crippen LogP contribution in [-0.2, 0) is 16.4 Å². The number of hydrogen-bond acceptors (Lipinski definition) is 5. The monoisotopic (exact) mass is 289 g/mol. The van der Waals surface area contributed by atoms with Crippen molar-refractivity contribution in [2.45, 2.75) is 19.3 Å². The molecule has 1 aromatic rings. The van der Waals surface area contributed by atoms with E-state index in [1.165, 1.54) is 11.3 Å². The van der Waals surface area contributed by atoms with E-state index in [4.69, 9.17) is 0 Å². The Kier molecular flexibility index (Phi) is 5.11. The van der Waals surface area contributed by atoms with E-state index in [9.17, 15) is 8.42 Å². The van der Waals surface area contributed by atoms with Crippen LogP contribution in [-0.4, -0.2) is 38.8 Å². The lowest BCUT2D eigenvalue weighted by atomic mass is 10.0. The van der Waals surface area contributed by atoms with E-state index in [1.54, 1.807) is 5.51 Å². The molecule has 2 rings (SSSR count). The summed E-state index contributed by atoms with van der Waals surface area (Å²) in [7, 11) is -3.15. The van der Waals surface area contributed by atoms with Crippen LogP contribution in [0.3, 0.4) is 0 Å². The molecule has 0 bridgehead atoms. The van der Waals surface area contributed by atoms with E-state index >= 15 is 0 Å². The number of aromatic nitrogens is 1. The highest BCUT2D eigenvalue weighted by Gasteiger charge is 2.20. The van der Waals surface area contributed by atoms with E-state index in [-0.39, 0.29) is 11.7 Å². The Morgan fingerprint density at radius 2 is 2.44 bits per heavy atom. The number of nitrogens with one attached hydrogen (secondary N) is 2. The van der Waals surface area contributed by atoms with E-state index in [1.807, 2.05) is 5.38 Å². The number of piperidine rings is 1. The van der Waals surface area contributed by atoms with Gasteiger partial charge in [-0.05, 0) is 31.8 Å². The van der Waals surface area contributed by atoms with Gasteiger partial charge in [0.1, 0.15) is 0 Å². The summed E-state index contributed by atoms with van der Waals surface area (Å²) in [6.45, 7) is 2.26. The predicted molar refractivity (Wildman–Crippen MR) is 73.2 cm³/mol. The zero-order valence-corrected chi connectivity index (χ0v) is 11.9. The van der Waals surface area contributed by atoms with Crippen LogP contribution in [0.5, 0.6) is 0 Å². The van der Waals surface area contributed by atoms with Crippen molar-refractivity contribution >= 4 is 21.4 Å². The molecule has 0 saturated carbocycles. The van der Waals surface area contributed by atoms with Gasteiger partial charge in [0, 0.05) is 18.3 Å². The quantitative estimate of drug-likeness (QED) is 0.805. The molecule has 0 amide bonds. The molecule has 0 aromatic carbocycles. The maximum Gasteiger partial charge on any atom is 0.211 e. The largest absolute Gasteiger partial charge is 0.316 e. The van der Waals surface area contributed by atoms with Gasteiger partial charge in [0.05, 0.1) is 17.0 Å². The highest BCUT2D eigenvalue weighted by molar-refractivity contribution is 7.89. The van der Waals surface area contributed by atoms with Gasteiger partial charge in [0.2, 0.25) is 10.0 Å². The fraction of sp³-hybridized carbons (Fsp3) is 0.727. The van der Waals surface area contributed by atoms with E-state index in [0.717, 1.165) is 31.6 Å². The summed E-state index contributed by atoms with van der Waals surface area (Å²) in [6.07, 6.45) is 2.73. The smallest absolute Gasteiger partial charge is 0.211 e. The van der Waals surface area contributed by atoms with Crippen molar-refractivity contribution in [1.29, 1.82) is 0 Å². The minimum absolute atomic E-state index is 0.233. The van der Waals surface area contributed by atoms with Crippen LogP contribution in [0.15, 0.2) is 10.9 Å². The van der Waals surface area contributed by atoms with E-state index < -0.39 is 10.0 Å². The minimum atomic E-state index is -3.15. The van der Waals surface area contributed by atoms with Crippen molar-refractivity contribution in [3.8, 4) is 0 Å². The lowest BCUT2D eigenvalue weighted by Crippen LogP contribution is -2.38. The van der Waals surface area contributed by atoms with Gasteiger partial charge in [-0.2, -0.15) is 0 Å². The van der Waals surface area contributed by atoms with Crippen LogP contribution in [0.25, 0.3) is 0 Å². The first-order chi connectivity index (χ1) is 8.66. The Balaban J connectivity index is 1.73. The van der Waals surface area contributed by atoms with Gasteiger partial charge in [-0.3, -0.25) is 0 Å². The Labute approximate surface area is 112 Å². The van der Waals surface area contributed by atoms with Gasteiger partial charge in [-0.15, -0.1) is 11.3 Å². The summed E-state index contributed by atoms with van der Waals surface area (Å²) in [5, 5.41) is 5.18. The van der Waals surface area contributed by atoms with Crippen LogP contribution < -0.4 is 10.0 Å². The second-order valence-electron chi connectivity index (χ2n) is 4.62. The molecule has 0 radical (unpaired) electrons. The average molecular weight is 289 g/mol. The van der Waals surface area contributed by atoms with Crippen LogP contribution in [0, 0.1) is 5.92 Å². The first kappa shape index (κ1) is 13.9. The molecule has 5 nitrogen and oxygen atoms in total. The molecule has 1 fully saturated rings. The molecule has 1 aliphatic heterocycles. The molecule has 0 aliphatic carbocycles. The topological polar surface area (TPSA) is 71.1 Å². The van der Waals surface area contributed by atoms with Crippen molar-refractivity contribution in [3.63, 3.8) is 0 Å². The van der Waals surface area contributed by atoms with Gasteiger partial charge in [0.25, 0.3) is 0 Å².